The number of fused-ring (bicyclic) bond motifs is 1. The number of piperidine rings is 1. The van der Waals surface area contributed by atoms with Gasteiger partial charge in [-0.15, -0.1) is 0 Å². The van der Waals surface area contributed by atoms with E-state index in [-0.39, 0.29) is 17.4 Å². The zero-order chi connectivity index (χ0) is 17.3. The molecule has 1 aromatic rings. The van der Waals surface area contributed by atoms with Gasteiger partial charge in [0, 0.05) is 31.9 Å². The van der Waals surface area contributed by atoms with Crippen molar-refractivity contribution in [3.63, 3.8) is 0 Å². The lowest BCUT2D eigenvalue weighted by molar-refractivity contribution is -0.130. The molecule has 0 aliphatic carbocycles. The van der Waals surface area contributed by atoms with Crippen molar-refractivity contribution in [2.45, 2.75) is 31.3 Å². The Hall–Kier alpha value is -1.92. The smallest absolute Gasteiger partial charge is 0.241 e. The molecule has 6 heteroatoms. The van der Waals surface area contributed by atoms with Crippen molar-refractivity contribution in [2.24, 2.45) is 0 Å². The van der Waals surface area contributed by atoms with Crippen molar-refractivity contribution < 1.29 is 14.3 Å². The fourth-order valence-electron chi connectivity index (χ4n) is 4.18. The molecule has 3 heterocycles. The summed E-state index contributed by atoms with van der Waals surface area (Å²) in [5.41, 5.74) is 1.98. The molecule has 25 heavy (non-hydrogen) atoms. The third kappa shape index (κ3) is 3.41. The number of amides is 2. The van der Waals surface area contributed by atoms with Crippen LogP contribution in [-0.2, 0) is 20.7 Å². The first-order chi connectivity index (χ1) is 12.2. The average Bonchev–Trinajstić information content (AvgIpc) is 2.96. The van der Waals surface area contributed by atoms with Crippen LogP contribution in [0.3, 0.4) is 0 Å². The summed E-state index contributed by atoms with van der Waals surface area (Å²) in [5.74, 6) is 0.246. The lowest BCUT2D eigenvalue weighted by Crippen LogP contribution is -2.50. The molecule has 3 aliphatic rings. The predicted molar refractivity (Wildman–Crippen MR) is 94.5 cm³/mol. The second-order valence-electron chi connectivity index (χ2n) is 7.26. The Labute approximate surface area is 148 Å². The molecule has 2 saturated heterocycles. The third-order valence-electron chi connectivity index (χ3n) is 5.63. The van der Waals surface area contributed by atoms with E-state index in [1.54, 1.807) is 0 Å². The lowest BCUT2D eigenvalue weighted by atomic mass is 9.87. The van der Waals surface area contributed by atoms with Gasteiger partial charge < -0.3 is 15.0 Å². The molecule has 2 fully saturated rings. The molecule has 2 amide bonds. The molecule has 1 N–H and O–H groups in total. The molecule has 0 unspecified atom stereocenters. The quantitative estimate of drug-likeness (QED) is 0.868. The van der Waals surface area contributed by atoms with E-state index < -0.39 is 0 Å². The molecule has 134 valence electrons. The van der Waals surface area contributed by atoms with Gasteiger partial charge in [-0.25, -0.2) is 0 Å². The summed E-state index contributed by atoms with van der Waals surface area (Å²) in [6.07, 6.45) is 3.00. The summed E-state index contributed by atoms with van der Waals surface area (Å²) in [5, 5.41) is 2.87. The van der Waals surface area contributed by atoms with Gasteiger partial charge in [-0.2, -0.15) is 0 Å². The van der Waals surface area contributed by atoms with Crippen LogP contribution in [0.2, 0.25) is 0 Å². The second kappa shape index (κ2) is 6.77. The Bertz CT molecular complexity index is 668. The number of carbonyl (C=O) groups excluding carboxylic acids is 2. The Balaban J connectivity index is 1.34. The minimum absolute atomic E-state index is 0.0794. The normalized spacial score (nSPS) is 23.2. The van der Waals surface area contributed by atoms with Gasteiger partial charge in [0.2, 0.25) is 11.8 Å². The SMILES string of the molecule is O=C1CC2(CCN(CC(=O)N3CCc4ccccc43)CC2)OCCN1. The van der Waals surface area contributed by atoms with Crippen LogP contribution in [0, 0.1) is 0 Å². The Kier molecular flexibility index (Phi) is 4.48. The second-order valence-corrected chi connectivity index (χ2v) is 7.26. The van der Waals surface area contributed by atoms with Crippen LogP contribution in [0.15, 0.2) is 24.3 Å². The highest BCUT2D eigenvalue weighted by atomic mass is 16.5. The minimum atomic E-state index is -0.333. The number of nitrogens with one attached hydrogen (secondary N) is 1. The van der Waals surface area contributed by atoms with Crippen LogP contribution in [-0.4, -0.2) is 61.6 Å². The lowest BCUT2D eigenvalue weighted by Gasteiger charge is -2.40. The molecular weight excluding hydrogens is 318 g/mol. The van der Waals surface area contributed by atoms with Crippen molar-refractivity contribution in [1.82, 2.24) is 10.2 Å². The van der Waals surface area contributed by atoms with E-state index >= 15 is 0 Å². The maximum absolute atomic E-state index is 12.7. The summed E-state index contributed by atoms with van der Waals surface area (Å²) < 4.78 is 6.00. The Morgan fingerprint density at radius 3 is 2.84 bits per heavy atom. The summed E-state index contributed by atoms with van der Waals surface area (Å²) in [4.78, 5) is 28.7. The van der Waals surface area contributed by atoms with Gasteiger partial charge >= 0.3 is 0 Å². The number of para-hydroxylation sites is 1. The summed E-state index contributed by atoms with van der Waals surface area (Å²) in [6.45, 7) is 3.99. The average molecular weight is 343 g/mol. The number of benzene rings is 1. The first kappa shape index (κ1) is 16.5. The van der Waals surface area contributed by atoms with Crippen LogP contribution in [0.4, 0.5) is 5.69 Å². The van der Waals surface area contributed by atoms with Crippen LogP contribution in [0.25, 0.3) is 0 Å². The van der Waals surface area contributed by atoms with E-state index in [4.69, 9.17) is 4.74 Å². The molecule has 6 nitrogen and oxygen atoms in total. The zero-order valence-electron chi connectivity index (χ0n) is 14.5. The van der Waals surface area contributed by atoms with Crippen molar-refractivity contribution in [2.75, 3.05) is 44.2 Å². The Morgan fingerprint density at radius 1 is 1.20 bits per heavy atom. The molecule has 4 rings (SSSR count). The fraction of sp³-hybridized carbons (Fsp3) is 0.579. The molecule has 0 saturated carbocycles. The maximum Gasteiger partial charge on any atom is 0.241 e. The number of likely N-dealkylation sites (tertiary alicyclic amines) is 1. The standard InChI is InChI=1S/C19H25N3O3/c23-17-13-19(25-12-8-20-17)6-10-21(11-7-19)14-18(24)22-9-5-15-3-1-2-4-16(15)22/h1-4H,5-14H2,(H,20,23). The van der Waals surface area contributed by atoms with Gasteiger partial charge in [-0.05, 0) is 30.9 Å². The van der Waals surface area contributed by atoms with E-state index in [9.17, 15) is 9.59 Å². The van der Waals surface area contributed by atoms with E-state index in [2.05, 4.69) is 16.3 Å². The van der Waals surface area contributed by atoms with Gasteiger partial charge in [0.1, 0.15) is 0 Å². The maximum atomic E-state index is 12.7. The van der Waals surface area contributed by atoms with E-state index in [1.165, 1.54) is 5.56 Å². The van der Waals surface area contributed by atoms with Crippen molar-refractivity contribution in [3.05, 3.63) is 29.8 Å². The molecule has 3 aliphatic heterocycles. The van der Waals surface area contributed by atoms with Crippen LogP contribution < -0.4 is 10.2 Å². The number of rotatable bonds is 2. The number of nitrogens with zero attached hydrogens (tertiary/aromatic N) is 2. The molecule has 0 bridgehead atoms. The van der Waals surface area contributed by atoms with Crippen molar-refractivity contribution >= 4 is 17.5 Å². The molecule has 0 aromatic heterocycles. The number of hydrogen-bond acceptors (Lipinski definition) is 4. The highest BCUT2D eigenvalue weighted by Gasteiger charge is 2.39. The number of carbonyl (C=O) groups is 2. The largest absolute Gasteiger partial charge is 0.373 e. The van der Waals surface area contributed by atoms with Gasteiger partial charge in [-0.3, -0.25) is 14.5 Å². The molecule has 1 aromatic carbocycles. The van der Waals surface area contributed by atoms with Gasteiger partial charge in [0.05, 0.1) is 25.2 Å². The highest BCUT2D eigenvalue weighted by molar-refractivity contribution is 5.96. The molecule has 1 spiro atoms. The predicted octanol–water partition coefficient (Wildman–Crippen LogP) is 0.947. The van der Waals surface area contributed by atoms with Crippen LogP contribution in [0.5, 0.6) is 0 Å². The minimum Gasteiger partial charge on any atom is -0.373 e. The monoisotopic (exact) mass is 343 g/mol. The van der Waals surface area contributed by atoms with E-state index in [0.29, 0.717) is 26.1 Å². The molecular formula is C19H25N3O3. The first-order valence-electron chi connectivity index (χ1n) is 9.17. The highest BCUT2D eigenvalue weighted by Crippen LogP contribution is 2.32. The molecule has 0 atom stereocenters. The number of hydrogen-bond donors (Lipinski definition) is 1. The van der Waals surface area contributed by atoms with Crippen molar-refractivity contribution in [3.8, 4) is 0 Å². The van der Waals surface area contributed by atoms with Crippen LogP contribution in [0.1, 0.15) is 24.8 Å². The van der Waals surface area contributed by atoms with Gasteiger partial charge in [0.15, 0.2) is 0 Å². The van der Waals surface area contributed by atoms with E-state index in [1.807, 2.05) is 23.1 Å². The topological polar surface area (TPSA) is 61.9 Å². The Morgan fingerprint density at radius 2 is 2.00 bits per heavy atom. The summed E-state index contributed by atoms with van der Waals surface area (Å²) >= 11 is 0. The van der Waals surface area contributed by atoms with Gasteiger partial charge in [0.25, 0.3) is 0 Å². The first-order valence-corrected chi connectivity index (χ1v) is 9.17. The number of anilines is 1. The van der Waals surface area contributed by atoms with Crippen molar-refractivity contribution in [1.29, 1.82) is 0 Å². The molecule has 0 radical (unpaired) electrons. The van der Waals surface area contributed by atoms with Crippen LogP contribution >= 0.6 is 0 Å². The van der Waals surface area contributed by atoms with Gasteiger partial charge in [-0.1, -0.05) is 18.2 Å². The zero-order valence-corrected chi connectivity index (χ0v) is 14.5. The van der Waals surface area contributed by atoms with E-state index in [0.717, 1.165) is 44.6 Å². The summed E-state index contributed by atoms with van der Waals surface area (Å²) in [6, 6.07) is 8.15. The summed E-state index contributed by atoms with van der Waals surface area (Å²) in [7, 11) is 0. The fourth-order valence-corrected chi connectivity index (χ4v) is 4.18. The third-order valence-corrected chi connectivity index (χ3v) is 5.63. The number of ether oxygens (including phenoxy) is 1.